The fraction of sp³-hybridized carbons (Fsp3) is 0.130. The van der Waals surface area contributed by atoms with Gasteiger partial charge in [0.25, 0.3) is 5.91 Å². The van der Waals surface area contributed by atoms with Crippen molar-refractivity contribution >= 4 is 22.2 Å². The molecule has 30 heavy (non-hydrogen) atoms. The number of hydrogen-bond acceptors (Lipinski definition) is 4. The molecule has 1 aliphatic rings. The number of carbonyl (C=O) groups excluding carboxylic acids is 1. The van der Waals surface area contributed by atoms with Crippen molar-refractivity contribution in [3.63, 3.8) is 0 Å². The van der Waals surface area contributed by atoms with Crippen molar-refractivity contribution in [3.05, 3.63) is 96.1 Å². The third kappa shape index (κ3) is 2.52. The predicted octanol–water partition coefficient (Wildman–Crippen LogP) is 3.39. The Labute approximate surface area is 172 Å². The molecule has 1 N–H and O–H groups in total. The van der Waals surface area contributed by atoms with E-state index >= 15 is 0 Å². The summed E-state index contributed by atoms with van der Waals surface area (Å²) in [4.78, 5) is 28.0. The van der Waals surface area contributed by atoms with E-state index in [1.165, 1.54) is 0 Å². The maximum atomic E-state index is 13.7. The fourth-order valence-electron chi connectivity index (χ4n) is 4.30. The third-order valence-electron chi connectivity index (χ3n) is 5.77. The monoisotopic (exact) mass is 394 g/mol. The van der Waals surface area contributed by atoms with Crippen LogP contribution in [0.25, 0.3) is 16.3 Å². The Morgan fingerprint density at radius 2 is 1.90 bits per heavy atom. The summed E-state index contributed by atoms with van der Waals surface area (Å²) in [5.41, 5.74) is 4.10. The van der Waals surface area contributed by atoms with Gasteiger partial charge in [-0.05, 0) is 23.6 Å². The SMILES string of the molecule is O=C(c1cnn2ccccc12)N1CCc2[nH]cnc2[C@H]1c1cc2ccccc2cn1. The van der Waals surface area contributed by atoms with Crippen LogP contribution in [0.2, 0.25) is 0 Å². The molecule has 146 valence electrons. The van der Waals surface area contributed by atoms with E-state index in [0.717, 1.165) is 39.8 Å². The van der Waals surface area contributed by atoms with E-state index in [9.17, 15) is 4.79 Å². The highest BCUT2D eigenvalue weighted by molar-refractivity contribution is 6.01. The smallest absolute Gasteiger partial charge is 0.258 e. The average molecular weight is 394 g/mol. The van der Waals surface area contributed by atoms with Gasteiger partial charge >= 0.3 is 0 Å². The number of amides is 1. The zero-order valence-electron chi connectivity index (χ0n) is 16.1. The molecular weight excluding hydrogens is 376 g/mol. The van der Waals surface area contributed by atoms with E-state index in [-0.39, 0.29) is 11.9 Å². The number of imidazole rings is 1. The Morgan fingerprint density at radius 1 is 1.03 bits per heavy atom. The van der Waals surface area contributed by atoms with Crippen LogP contribution in [0.15, 0.2) is 73.4 Å². The van der Waals surface area contributed by atoms with Crippen LogP contribution < -0.4 is 0 Å². The minimum atomic E-state index is -0.351. The molecule has 1 aliphatic heterocycles. The van der Waals surface area contributed by atoms with E-state index < -0.39 is 0 Å². The molecule has 0 radical (unpaired) electrons. The second-order valence-electron chi connectivity index (χ2n) is 7.46. The van der Waals surface area contributed by atoms with E-state index in [0.29, 0.717) is 12.1 Å². The second kappa shape index (κ2) is 6.52. The lowest BCUT2D eigenvalue weighted by atomic mass is 9.97. The lowest BCUT2D eigenvalue weighted by Crippen LogP contribution is -2.41. The Kier molecular flexibility index (Phi) is 3.67. The largest absolute Gasteiger partial charge is 0.348 e. The van der Waals surface area contributed by atoms with Gasteiger partial charge in [0.2, 0.25) is 0 Å². The average Bonchev–Trinajstić information content (AvgIpc) is 3.44. The van der Waals surface area contributed by atoms with Crippen molar-refractivity contribution in [1.29, 1.82) is 0 Å². The zero-order chi connectivity index (χ0) is 20.1. The Balaban J connectivity index is 1.49. The highest BCUT2D eigenvalue weighted by atomic mass is 16.2. The molecule has 1 amide bonds. The number of rotatable bonds is 2. The normalized spacial score (nSPS) is 16.1. The fourth-order valence-corrected chi connectivity index (χ4v) is 4.30. The van der Waals surface area contributed by atoms with Crippen molar-refractivity contribution in [2.45, 2.75) is 12.5 Å². The van der Waals surface area contributed by atoms with E-state index in [4.69, 9.17) is 4.98 Å². The van der Waals surface area contributed by atoms with Crippen LogP contribution in [0.3, 0.4) is 0 Å². The van der Waals surface area contributed by atoms with Crippen molar-refractivity contribution in [2.75, 3.05) is 6.54 Å². The summed E-state index contributed by atoms with van der Waals surface area (Å²) < 4.78 is 1.72. The third-order valence-corrected chi connectivity index (χ3v) is 5.77. The molecule has 0 saturated heterocycles. The van der Waals surface area contributed by atoms with Gasteiger partial charge in [-0.25, -0.2) is 9.50 Å². The number of aromatic amines is 1. The summed E-state index contributed by atoms with van der Waals surface area (Å²) >= 11 is 0. The van der Waals surface area contributed by atoms with Crippen molar-refractivity contribution in [3.8, 4) is 0 Å². The van der Waals surface area contributed by atoms with Crippen LogP contribution in [-0.2, 0) is 6.42 Å². The van der Waals surface area contributed by atoms with Crippen LogP contribution in [0.5, 0.6) is 0 Å². The molecule has 5 heterocycles. The molecule has 6 rings (SSSR count). The highest BCUT2D eigenvalue weighted by Gasteiger charge is 2.36. The Hall–Kier alpha value is -4.00. The van der Waals surface area contributed by atoms with Crippen LogP contribution >= 0.6 is 0 Å². The van der Waals surface area contributed by atoms with Gasteiger partial charge in [0.15, 0.2) is 0 Å². The molecular formula is C23H18N6O. The molecule has 7 nitrogen and oxygen atoms in total. The number of hydrogen-bond donors (Lipinski definition) is 1. The van der Waals surface area contributed by atoms with E-state index in [1.807, 2.05) is 53.7 Å². The maximum Gasteiger partial charge on any atom is 0.258 e. The van der Waals surface area contributed by atoms with E-state index in [1.54, 1.807) is 17.0 Å². The summed E-state index contributed by atoms with van der Waals surface area (Å²) in [6, 6.07) is 15.5. The molecule has 1 atom stereocenters. The molecule has 0 unspecified atom stereocenters. The van der Waals surface area contributed by atoms with Crippen LogP contribution in [0.1, 0.15) is 33.5 Å². The van der Waals surface area contributed by atoms with Gasteiger partial charge in [0.1, 0.15) is 6.04 Å². The summed E-state index contributed by atoms with van der Waals surface area (Å²) in [5, 5.41) is 6.50. The van der Waals surface area contributed by atoms with Gasteiger partial charge in [-0.3, -0.25) is 9.78 Å². The van der Waals surface area contributed by atoms with Crippen LogP contribution in [0, 0.1) is 0 Å². The molecule has 5 aromatic rings. The summed E-state index contributed by atoms with van der Waals surface area (Å²) in [5.74, 6) is -0.0650. The first-order chi connectivity index (χ1) is 14.8. The first kappa shape index (κ1) is 16.9. The molecule has 0 fully saturated rings. The number of benzene rings is 1. The molecule has 7 heteroatoms. The van der Waals surface area contributed by atoms with Crippen LogP contribution in [-0.4, -0.2) is 41.9 Å². The quantitative estimate of drug-likeness (QED) is 0.498. The highest BCUT2D eigenvalue weighted by Crippen LogP contribution is 2.34. The lowest BCUT2D eigenvalue weighted by Gasteiger charge is -2.34. The van der Waals surface area contributed by atoms with Crippen molar-refractivity contribution in [1.82, 2.24) is 29.5 Å². The van der Waals surface area contributed by atoms with Gasteiger partial charge in [-0.2, -0.15) is 5.10 Å². The molecule has 1 aromatic carbocycles. The van der Waals surface area contributed by atoms with E-state index in [2.05, 4.69) is 27.2 Å². The van der Waals surface area contributed by atoms with Gasteiger partial charge in [-0.15, -0.1) is 0 Å². The van der Waals surface area contributed by atoms with Gasteiger partial charge < -0.3 is 9.88 Å². The summed E-state index contributed by atoms with van der Waals surface area (Å²) in [6.45, 7) is 0.581. The molecule has 0 saturated carbocycles. The lowest BCUT2D eigenvalue weighted by molar-refractivity contribution is 0.0689. The molecule has 0 bridgehead atoms. The number of pyridine rings is 2. The van der Waals surface area contributed by atoms with Crippen molar-refractivity contribution < 1.29 is 4.79 Å². The van der Waals surface area contributed by atoms with Gasteiger partial charge in [0.05, 0.1) is 35.0 Å². The van der Waals surface area contributed by atoms with Crippen LogP contribution in [0.4, 0.5) is 0 Å². The van der Waals surface area contributed by atoms with Gasteiger partial charge in [-0.1, -0.05) is 30.3 Å². The predicted molar refractivity (Wildman–Crippen MR) is 112 cm³/mol. The number of aromatic nitrogens is 5. The standard InChI is InChI=1S/C23H18N6O/c30-23(17-13-27-29-9-4-3-7-20(17)29)28-10-8-18-21(26-14-25-18)22(28)19-11-15-5-1-2-6-16(15)12-24-19/h1-7,9,11-14,22H,8,10H2,(H,25,26)/t22-/m1/s1. The number of fused-ring (bicyclic) bond motifs is 3. The molecule has 4 aromatic heterocycles. The number of H-pyrrole nitrogens is 1. The Bertz CT molecular complexity index is 1400. The minimum Gasteiger partial charge on any atom is -0.348 e. The number of carbonyl (C=O) groups is 1. The summed E-state index contributed by atoms with van der Waals surface area (Å²) in [7, 11) is 0. The first-order valence-electron chi connectivity index (χ1n) is 9.90. The van der Waals surface area contributed by atoms with Crippen molar-refractivity contribution in [2.24, 2.45) is 0 Å². The summed E-state index contributed by atoms with van der Waals surface area (Å²) in [6.07, 6.45) is 7.77. The van der Waals surface area contributed by atoms with Gasteiger partial charge in [0, 0.05) is 36.4 Å². The first-order valence-corrected chi connectivity index (χ1v) is 9.90. The minimum absolute atomic E-state index is 0.0650. The maximum absolute atomic E-state index is 13.7. The second-order valence-corrected chi connectivity index (χ2v) is 7.46. The zero-order valence-corrected chi connectivity index (χ0v) is 16.1. The Morgan fingerprint density at radius 3 is 2.83 bits per heavy atom. The number of nitrogens with one attached hydrogen (secondary N) is 1. The number of nitrogens with zero attached hydrogens (tertiary/aromatic N) is 5. The molecule has 0 spiro atoms. The molecule has 0 aliphatic carbocycles. The topological polar surface area (TPSA) is 79.2 Å².